The molecule has 188 valence electrons. The molecule has 2 aromatic rings. The molecule has 0 N–H and O–H groups in total. The minimum absolute atomic E-state index is 0.320. The van der Waals surface area contributed by atoms with Crippen molar-refractivity contribution in [2.45, 2.75) is 64.4 Å². The maximum absolute atomic E-state index is 12.6. The summed E-state index contributed by atoms with van der Waals surface area (Å²) >= 11 is 13.0. The van der Waals surface area contributed by atoms with E-state index in [-0.39, 0.29) is 6.09 Å². The Labute approximate surface area is 217 Å². The van der Waals surface area contributed by atoms with Crippen LogP contribution in [0.25, 0.3) is 10.9 Å². The number of likely N-dealkylation sites (tertiary alicyclic amines) is 1. The van der Waals surface area contributed by atoms with Gasteiger partial charge in [-0.3, -0.25) is 4.90 Å². The average molecular weight is 544 g/mol. The van der Waals surface area contributed by atoms with Crippen LogP contribution in [-0.4, -0.2) is 64.6 Å². The van der Waals surface area contributed by atoms with Gasteiger partial charge in [0.2, 0.25) is 4.38 Å². The van der Waals surface area contributed by atoms with E-state index < -0.39 is 19.3 Å². The summed E-state index contributed by atoms with van der Waals surface area (Å²) in [5.74, 6) is 0. The number of thioether (sulfide) groups is 1. The molecule has 11 heteroatoms. The number of hydrogen-bond acceptors (Lipinski definition) is 7. The van der Waals surface area contributed by atoms with Crippen molar-refractivity contribution in [1.29, 1.82) is 0 Å². The van der Waals surface area contributed by atoms with Crippen molar-refractivity contribution >= 4 is 65.0 Å². The number of carbonyl (C=O) groups excluding carboxylic acids is 1. The van der Waals surface area contributed by atoms with Crippen molar-refractivity contribution in [3.63, 3.8) is 0 Å². The highest BCUT2D eigenvalue weighted by atomic mass is 35.5. The lowest BCUT2D eigenvalue weighted by atomic mass is 9.86. The number of pyridine rings is 1. The standard InChI is InChI=1S/C23H34ClN3O4S2Si/c1-22(2,3)30-20(28)27-13-23(14-27,31-21(32)33-4)17-12-26(15-29-8-9-34(5,6)7)18-10-19(24)25-11-16(17)18/h10-12H,8-9,13-15H2,1-7H3. The van der Waals surface area contributed by atoms with Gasteiger partial charge in [0.05, 0.1) is 18.6 Å². The van der Waals surface area contributed by atoms with Crippen LogP contribution in [0, 0.1) is 0 Å². The van der Waals surface area contributed by atoms with Gasteiger partial charge in [0.15, 0.2) is 5.60 Å². The summed E-state index contributed by atoms with van der Waals surface area (Å²) in [6.07, 6.45) is 5.25. The molecule has 1 aliphatic rings. The second-order valence-corrected chi connectivity index (χ2v) is 18.2. The van der Waals surface area contributed by atoms with E-state index in [1.54, 1.807) is 11.1 Å². The lowest BCUT2D eigenvalue weighted by Crippen LogP contribution is -2.63. The van der Waals surface area contributed by atoms with Crippen molar-refractivity contribution < 1.29 is 19.0 Å². The van der Waals surface area contributed by atoms with Crippen LogP contribution in [0.4, 0.5) is 4.79 Å². The molecular formula is C23H34ClN3O4S2Si. The predicted octanol–water partition coefficient (Wildman–Crippen LogP) is 6.11. The zero-order chi connectivity index (χ0) is 25.3. The first-order valence-corrected chi connectivity index (χ1v) is 16.9. The molecule has 0 saturated carbocycles. The van der Waals surface area contributed by atoms with E-state index in [1.807, 2.05) is 43.9 Å². The Morgan fingerprint density at radius 1 is 1.32 bits per heavy atom. The number of hydrogen-bond donors (Lipinski definition) is 0. The largest absolute Gasteiger partial charge is 0.463 e. The highest BCUT2D eigenvalue weighted by molar-refractivity contribution is 8.22. The number of amides is 1. The lowest BCUT2D eigenvalue weighted by molar-refractivity contribution is -0.0893. The number of fused-ring (bicyclic) bond motifs is 1. The smallest absolute Gasteiger partial charge is 0.410 e. The summed E-state index contributed by atoms with van der Waals surface area (Å²) in [6.45, 7) is 14.3. The quantitative estimate of drug-likeness (QED) is 0.180. The normalized spacial score (nSPS) is 15.8. The number of thiocarbonyl (C=S) groups is 1. The van der Waals surface area contributed by atoms with Gasteiger partial charge in [0.1, 0.15) is 17.5 Å². The van der Waals surface area contributed by atoms with Crippen molar-refractivity contribution in [3.05, 3.63) is 29.2 Å². The monoisotopic (exact) mass is 543 g/mol. The van der Waals surface area contributed by atoms with Crippen LogP contribution in [0.1, 0.15) is 26.3 Å². The molecule has 1 amide bonds. The molecule has 1 aliphatic heterocycles. The van der Waals surface area contributed by atoms with Gasteiger partial charge in [-0.2, -0.15) is 0 Å². The number of ether oxygens (including phenoxy) is 3. The third kappa shape index (κ3) is 6.66. The Morgan fingerprint density at radius 2 is 2.00 bits per heavy atom. The second kappa shape index (κ2) is 10.3. The summed E-state index contributed by atoms with van der Waals surface area (Å²) in [7, 11) is -1.19. The first kappa shape index (κ1) is 27.3. The molecule has 0 atom stereocenters. The molecule has 0 unspecified atom stereocenters. The highest BCUT2D eigenvalue weighted by Gasteiger charge is 2.52. The Morgan fingerprint density at radius 3 is 2.59 bits per heavy atom. The fourth-order valence-corrected chi connectivity index (χ4v) is 5.00. The van der Waals surface area contributed by atoms with Crippen LogP contribution in [0.2, 0.25) is 30.8 Å². The third-order valence-electron chi connectivity index (χ3n) is 5.44. The van der Waals surface area contributed by atoms with E-state index in [4.69, 9.17) is 38.0 Å². The van der Waals surface area contributed by atoms with E-state index >= 15 is 0 Å². The minimum atomic E-state index is -1.19. The van der Waals surface area contributed by atoms with Crippen LogP contribution < -0.4 is 0 Å². The number of halogens is 1. The summed E-state index contributed by atoms with van der Waals surface area (Å²) in [5, 5.41) is 1.30. The van der Waals surface area contributed by atoms with E-state index in [0.717, 1.165) is 22.5 Å². The van der Waals surface area contributed by atoms with Gasteiger partial charge in [0.25, 0.3) is 0 Å². The van der Waals surface area contributed by atoms with E-state index in [0.29, 0.717) is 36.0 Å². The molecule has 34 heavy (non-hydrogen) atoms. The van der Waals surface area contributed by atoms with Crippen molar-refractivity contribution in [1.82, 2.24) is 14.5 Å². The van der Waals surface area contributed by atoms with Gasteiger partial charge < -0.3 is 18.8 Å². The highest BCUT2D eigenvalue weighted by Crippen LogP contribution is 2.42. The first-order chi connectivity index (χ1) is 15.7. The summed E-state index contributed by atoms with van der Waals surface area (Å²) in [6, 6.07) is 2.91. The molecule has 0 spiro atoms. The Kier molecular flexibility index (Phi) is 8.29. The van der Waals surface area contributed by atoms with Crippen LogP contribution >= 0.6 is 35.6 Å². The van der Waals surface area contributed by atoms with Gasteiger partial charge in [0, 0.05) is 38.0 Å². The molecule has 0 radical (unpaired) electrons. The van der Waals surface area contributed by atoms with Crippen LogP contribution in [0.5, 0.6) is 0 Å². The zero-order valence-electron chi connectivity index (χ0n) is 20.9. The summed E-state index contributed by atoms with van der Waals surface area (Å²) < 4.78 is 20.3. The Balaban J connectivity index is 1.91. The van der Waals surface area contributed by atoms with Crippen LogP contribution in [-0.2, 0) is 26.5 Å². The molecule has 0 bridgehead atoms. The maximum Gasteiger partial charge on any atom is 0.410 e. The van der Waals surface area contributed by atoms with Crippen LogP contribution in [0.15, 0.2) is 18.5 Å². The number of nitrogens with zero attached hydrogens (tertiary/aromatic N) is 3. The molecule has 7 nitrogen and oxygen atoms in total. The fraction of sp³-hybridized carbons (Fsp3) is 0.609. The van der Waals surface area contributed by atoms with Crippen molar-refractivity contribution in [2.24, 2.45) is 0 Å². The molecule has 3 rings (SSSR count). The average Bonchev–Trinajstić information content (AvgIpc) is 3.03. The Bertz CT molecular complexity index is 1060. The van der Waals surface area contributed by atoms with Gasteiger partial charge >= 0.3 is 6.09 Å². The predicted molar refractivity (Wildman–Crippen MR) is 146 cm³/mol. The van der Waals surface area contributed by atoms with E-state index in [9.17, 15) is 4.79 Å². The topological polar surface area (TPSA) is 65.8 Å². The van der Waals surface area contributed by atoms with Crippen LogP contribution in [0.3, 0.4) is 0 Å². The minimum Gasteiger partial charge on any atom is -0.463 e. The molecule has 2 aromatic heterocycles. The van der Waals surface area contributed by atoms with Crippen molar-refractivity contribution in [3.8, 4) is 0 Å². The zero-order valence-corrected chi connectivity index (χ0v) is 24.3. The van der Waals surface area contributed by atoms with E-state index in [2.05, 4.69) is 24.6 Å². The molecule has 1 saturated heterocycles. The molecule has 1 fully saturated rings. The van der Waals surface area contributed by atoms with Gasteiger partial charge in [-0.25, -0.2) is 9.78 Å². The van der Waals surface area contributed by atoms with Crippen molar-refractivity contribution in [2.75, 3.05) is 26.0 Å². The number of rotatable bonds is 7. The summed E-state index contributed by atoms with van der Waals surface area (Å²) in [4.78, 5) is 18.6. The first-order valence-electron chi connectivity index (χ1n) is 11.2. The maximum atomic E-state index is 12.6. The molecule has 3 heterocycles. The Hall–Kier alpha value is -1.33. The number of carbonyl (C=O) groups is 1. The SMILES string of the molecule is CSC(=S)OC1(c2cn(COCC[Si](C)(C)C)c3cc(Cl)ncc23)CN(C(=O)OC(C)(C)C)C1. The number of aromatic nitrogens is 2. The molecule has 0 aromatic carbocycles. The van der Waals surface area contributed by atoms with Gasteiger partial charge in [-0.15, -0.1) is 0 Å². The third-order valence-corrected chi connectivity index (χ3v) is 8.35. The molecular weight excluding hydrogens is 510 g/mol. The summed E-state index contributed by atoms with van der Waals surface area (Å²) in [5.41, 5.74) is 0.427. The fourth-order valence-electron chi connectivity index (χ4n) is 3.69. The van der Waals surface area contributed by atoms with Gasteiger partial charge in [-0.1, -0.05) is 43.0 Å². The van der Waals surface area contributed by atoms with E-state index in [1.165, 1.54) is 11.8 Å². The van der Waals surface area contributed by atoms with Gasteiger partial charge in [-0.05, 0) is 51.4 Å². The second-order valence-electron chi connectivity index (χ2n) is 10.8. The lowest BCUT2D eigenvalue weighted by Gasteiger charge is -2.49. The molecule has 0 aliphatic carbocycles.